The third kappa shape index (κ3) is 2.27. The smallest absolute Gasteiger partial charge is 0.383 e. The van der Waals surface area contributed by atoms with E-state index in [-0.39, 0.29) is 5.56 Å². The Balaban J connectivity index is 2.61. The lowest BCUT2D eigenvalue weighted by atomic mass is 10.0. The van der Waals surface area contributed by atoms with E-state index in [0.717, 1.165) is 12.3 Å². The fraction of sp³-hybridized carbons (Fsp3) is 0.167. The number of pyridine rings is 2. The van der Waals surface area contributed by atoms with Crippen LogP contribution in [-0.4, -0.2) is 9.97 Å². The second-order valence-corrected chi connectivity index (χ2v) is 3.85. The quantitative estimate of drug-likeness (QED) is 0.849. The fourth-order valence-electron chi connectivity index (χ4n) is 1.60. The Morgan fingerprint density at radius 3 is 2.56 bits per heavy atom. The van der Waals surface area contributed by atoms with Crippen molar-refractivity contribution < 1.29 is 13.2 Å². The van der Waals surface area contributed by atoms with Gasteiger partial charge in [0.05, 0.1) is 5.56 Å². The molecule has 0 aliphatic rings. The molecule has 0 saturated carbocycles. The van der Waals surface area contributed by atoms with Gasteiger partial charge >= 0.3 is 6.18 Å². The average Bonchev–Trinajstić information content (AvgIpc) is 2.32. The van der Waals surface area contributed by atoms with Crippen LogP contribution in [0.3, 0.4) is 0 Å². The lowest BCUT2D eigenvalue weighted by molar-refractivity contribution is -0.137. The molecule has 0 amide bonds. The van der Waals surface area contributed by atoms with Crippen molar-refractivity contribution in [1.29, 1.82) is 0 Å². The van der Waals surface area contributed by atoms with Crippen molar-refractivity contribution in [2.45, 2.75) is 13.1 Å². The van der Waals surface area contributed by atoms with Gasteiger partial charge in [0, 0.05) is 29.7 Å². The predicted molar refractivity (Wildman–Crippen MR) is 61.6 cm³/mol. The molecular weight excluding hydrogens is 243 g/mol. The Kier molecular flexibility index (Phi) is 2.94. The summed E-state index contributed by atoms with van der Waals surface area (Å²) in [6.07, 6.45) is -0.818. The van der Waals surface area contributed by atoms with Crippen LogP contribution in [0, 0.1) is 6.92 Å². The second kappa shape index (κ2) is 4.29. The first-order chi connectivity index (χ1) is 8.39. The third-order valence-electron chi connectivity index (χ3n) is 2.56. The molecule has 0 saturated heterocycles. The van der Waals surface area contributed by atoms with E-state index in [9.17, 15) is 13.2 Å². The van der Waals surface area contributed by atoms with Crippen molar-refractivity contribution in [1.82, 2.24) is 9.97 Å². The first-order valence-electron chi connectivity index (χ1n) is 5.13. The van der Waals surface area contributed by atoms with Crippen molar-refractivity contribution in [3.63, 3.8) is 0 Å². The fourth-order valence-corrected chi connectivity index (χ4v) is 1.60. The highest BCUT2D eigenvalue weighted by molar-refractivity contribution is 5.68. The van der Waals surface area contributed by atoms with E-state index < -0.39 is 11.7 Å². The van der Waals surface area contributed by atoms with E-state index >= 15 is 0 Å². The summed E-state index contributed by atoms with van der Waals surface area (Å²) in [6.45, 7) is 1.69. The highest BCUT2D eigenvalue weighted by atomic mass is 19.4. The van der Waals surface area contributed by atoms with Crippen LogP contribution in [0.25, 0.3) is 11.1 Å². The third-order valence-corrected chi connectivity index (χ3v) is 2.56. The minimum absolute atomic E-state index is 0.000556. The molecule has 3 nitrogen and oxygen atoms in total. The molecule has 2 N–H and O–H groups in total. The number of nitrogens with two attached hydrogens (primary N) is 1. The molecule has 0 spiro atoms. The zero-order chi connectivity index (χ0) is 13.3. The molecular formula is C12H10F3N3. The summed E-state index contributed by atoms with van der Waals surface area (Å²) < 4.78 is 38.5. The predicted octanol–water partition coefficient (Wildman–Crippen LogP) is 3.05. The van der Waals surface area contributed by atoms with Crippen LogP contribution in [0.5, 0.6) is 0 Å². The Morgan fingerprint density at radius 2 is 1.94 bits per heavy atom. The molecule has 2 rings (SSSR count). The van der Waals surface area contributed by atoms with Crippen LogP contribution in [0.1, 0.15) is 11.1 Å². The van der Waals surface area contributed by atoms with Gasteiger partial charge in [0.25, 0.3) is 0 Å². The number of hydrogen-bond acceptors (Lipinski definition) is 3. The molecule has 0 radical (unpaired) electrons. The lowest BCUT2D eigenvalue weighted by Crippen LogP contribution is -2.07. The molecule has 2 aromatic heterocycles. The van der Waals surface area contributed by atoms with Crippen LogP contribution in [0.15, 0.2) is 30.7 Å². The largest absolute Gasteiger partial charge is 0.417 e. The van der Waals surface area contributed by atoms with Crippen LogP contribution < -0.4 is 5.73 Å². The summed E-state index contributed by atoms with van der Waals surface area (Å²) in [6, 6.07) is 2.51. The average molecular weight is 253 g/mol. The van der Waals surface area contributed by atoms with E-state index in [4.69, 9.17) is 5.73 Å². The van der Waals surface area contributed by atoms with Gasteiger partial charge in [-0.3, -0.25) is 4.98 Å². The summed E-state index contributed by atoms with van der Waals surface area (Å²) in [7, 11) is 0. The number of aryl methyl sites for hydroxylation is 1. The zero-order valence-electron chi connectivity index (χ0n) is 9.49. The molecule has 0 fully saturated rings. The Hall–Kier alpha value is -2.11. The molecule has 2 heterocycles. The van der Waals surface area contributed by atoms with Gasteiger partial charge in [-0.1, -0.05) is 0 Å². The van der Waals surface area contributed by atoms with Crippen molar-refractivity contribution in [2.75, 3.05) is 5.73 Å². The maximum absolute atomic E-state index is 12.8. The number of rotatable bonds is 1. The molecule has 0 aliphatic heterocycles. The van der Waals surface area contributed by atoms with Crippen LogP contribution in [0.4, 0.5) is 19.0 Å². The molecule has 2 aromatic rings. The Labute approximate surface area is 101 Å². The Bertz CT molecular complexity index is 579. The minimum atomic E-state index is -4.42. The number of nitrogen functional groups attached to an aromatic ring is 1. The number of nitrogens with zero attached hydrogens (tertiary/aromatic N) is 2. The van der Waals surface area contributed by atoms with Gasteiger partial charge in [-0.25, -0.2) is 4.98 Å². The molecule has 0 aromatic carbocycles. The number of hydrogen-bond donors (Lipinski definition) is 1. The molecule has 0 bridgehead atoms. The topological polar surface area (TPSA) is 51.8 Å². The van der Waals surface area contributed by atoms with Gasteiger partial charge in [-0.15, -0.1) is 0 Å². The zero-order valence-corrected chi connectivity index (χ0v) is 9.49. The molecule has 0 aliphatic carbocycles. The summed E-state index contributed by atoms with van der Waals surface area (Å²) in [4.78, 5) is 7.59. The van der Waals surface area contributed by atoms with E-state index in [0.29, 0.717) is 16.9 Å². The molecule has 94 valence electrons. The minimum Gasteiger partial charge on any atom is -0.383 e. The normalized spacial score (nSPS) is 11.6. The number of aromatic nitrogens is 2. The summed E-state index contributed by atoms with van der Waals surface area (Å²) in [5.41, 5.74) is 5.79. The van der Waals surface area contributed by atoms with Gasteiger partial charge in [-0.05, 0) is 24.6 Å². The molecule has 0 unspecified atom stereocenters. The van der Waals surface area contributed by atoms with Crippen LogP contribution in [-0.2, 0) is 6.18 Å². The van der Waals surface area contributed by atoms with Gasteiger partial charge in [-0.2, -0.15) is 13.2 Å². The highest BCUT2D eigenvalue weighted by Crippen LogP contribution is 2.36. The Morgan fingerprint density at radius 1 is 1.22 bits per heavy atom. The van der Waals surface area contributed by atoms with E-state index in [1.54, 1.807) is 13.0 Å². The van der Waals surface area contributed by atoms with Gasteiger partial charge < -0.3 is 5.73 Å². The van der Waals surface area contributed by atoms with E-state index in [1.165, 1.54) is 12.4 Å². The van der Waals surface area contributed by atoms with Crippen LogP contribution >= 0.6 is 0 Å². The molecule has 6 heteroatoms. The van der Waals surface area contributed by atoms with Crippen LogP contribution in [0.2, 0.25) is 0 Å². The SMILES string of the molecule is Cc1cc(-c2cnccc2C(F)(F)F)cnc1N. The standard InChI is InChI=1S/C12H10F3N3/c1-7-4-8(5-18-11(7)16)9-6-17-3-2-10(9)12(13,14)15/h2-6H,1H3,(H2,16,18). The first-order valence-corrected chi connectivity index (χ1v) is 5.13. The maximum Gasteiger partial charge on any atom is 0.417 e. The maximum atomic E-state index is 12.8. The summed E-state index contributed by atoms with van der Waals surface area (Å²) in [5.74, 6) is 0.302. The molecule has 18 heavy (non-hydrogen) atoms. The first kappa shape index (κ1) is 12.3. The van der Waals surface area contributed by atoms with Gasteiger partial charge in [0.1, 0.15) is 5.82 Å². The lowest BCUT2D eigenvalue weighted by Gasteiger charge is -2.12. The highest BCUT2D eigenvalue weighted by Gasteiger charge is 2.33. The van der Waals surface area contributed by atoms with E-state index in [2.05, 4.69) is 9.97 Å². The summed E-state index contributed by atoms with van der Waals surface area (Å²) in [5, 5.41) is 0. The summed E-state index contributed by atoms with van der Waals surface area (Å²) >= 11 is 0. The van der Waals surface area contributed by atoms with Crippen molar-refractivity contribution >= 4 is 5.82 Å². The van der Waals surface area contributed by atoms with Crippen molar-refractivity contribution in [3.05, 3.63) is 41.9 Å². The number of alkyl halides is 3. The number of halogens is 3. The van der Waals surface area contributed by atoms with Crippen molar-refractivity contribution in [2.24, 2.45) is 0 Å². The second-order valence-electron chi connectivity index (χ2n) is 3.85. The monoisotopic (exact) mass is 253 g/mol. The van der Waals surface area contributed by atoms with Crippen molar-refractivity contribution in [3.8, 4) is 11.1 Å². The van der Waals surface area contributed by atoms with E-state index in [1.807, 2.05) is 0 Å². The molecule has 0 atom stereocenters. The van der Waals surface area contributed by atoms with Gasteiger partial charge in [0.2, 0.25) is 0 Å². The van der Waals surface area contributed by atoms with Gasteiger partial charge in [0.15, 0.2) is 0 Å². The number of anilines is 1.